The van der Waals surface area contributed by atoms with Gasteiger partial charge in [0.1, 0.15) is 6.04 Å². The summed E-state index contributed by atoms with van der Waals surface area (Å²) >= 11 is 0. The molecule has 3 rings (SSSR count). The summed E-state index contributed by atoms with van der Waals surface area (Å²) in [5, 5.41) is 16.0. The minimum absolute atomic E-state index is 0.0109. The number of carbonyl (C=O) groups excluding carboxylic acids is 5. The van der Waals surface area contributed by atoms with Crippen LogP contribution in [0.4, 0.5) is 4.79 Å². The van der Waals surface area contributed by atoms with Crippen molar-refractivity contribution >= 4 is 29.7 Å². The largest absolute Gasteiger partial charge is 0.394 e. The zero-order chi connectivity index (χ0) is 41.0. The van der Waals surface area contributed by atoms with Gasteiger partial charge in [0.2, 0.25) is 23.6 Å². The number of hydrogen-bond acceptors (Lipinski definition) is 8. The molecule has 0 spiro atoms. The molecule has 1 aromatic carbocycles. The molecule has 14 heteroatoms. The summed E-state index contributed by atoms with van der Waals surface area (Å²) in [7, 11) is 4.81. The lowest BCUT2D eigenvalue weighted by Gasteiger charge is -2.42. The molecule has 0 saturated carbocycles. The SMILES string of the molecule is CC[C@H](C)[C@@H]([C@@H](CC(=O)N1CCC[C@H]1[C@H](OC)[C@@H](C)C(=O)N[C@H](CO)Cc1ccccc1)OC)N(C)C(=O)[C@@H](NC(=O)N1CCN(C(C)=O)C[C@@H]1C)C(C)C. The third-order valence-corrected chi connectivity index (χ3v) is 11.7. The Balaban J connectivity index is 1.73. The second kappa shape index (κ2) is 21.5. The molecule has 2 aliphatic rings. The Kier molecular flexibility index (Phi) is 17.9. The highest BCUT2D eigenvalue weighted by Gasteiger charge is 2.43. The van der Waals surface area contributed by atoms with E-state index in [2.05, 4.69) is 10.6 Å². The van der Waals surface area contributed by atoms with Gasteiger partial charge in [0.05, 0.1) is 49.3 Å². The number of methoxy groups -OCH3 is 2. The molecule has 14 nitrogen and oxygen atoms in total. The number of amides is 6. The summed E-state index contributed by atoms with van der Waals surface area (Å²) in [5.41, 5.74) is 1.00. The van der Waals surface area contributed by atoms with Gasteiger partial charge >= 0.3 is 6.03 Å². The van der Waals surface area contributed by atoms with E-state index in [9.17, 15) is 29.1 Å². The van der Waals surface area contributed by atoms with E-state index in [-0.39, 0.29) is 66.6 Å². The fourth-order valence-electron chi connectivity index (χ4n) is 8.19. The lowest BCUT2D eigenvalue weighted by atomic mass is 9.89. The molecule has 9 atom stereocenters. The molecule has 6 amide bonds. The Labute approximate surface area is 328 Å². The molecule has 55 heavy (non-hydrogen) atoms. The first-order chi connectivity index (χ1) is 26.1. The maximum Gasteiger partial charge on any atom is 0.318 e. The molecule has 0 unspecified atom stereocenters. The van der Waals surface area contributed by atoms with Gasteiger partial charge in [-0.1, -0.05) is 71.4 Å². The minimum Gasteiger partial charge on any atom is -0.394 e. The normalized spacial score (nSPS) is 21.3. The maximum absolute atomic E-state index is 14.3. The molecule has 2 saturated heterocycles. The van der Waals surface area contributed by atoms with Crippen molar-refractivity contribution in [3.05, 3.63) is 35.9 Å². The van der Waals surface area contributed by atoms with Crippen molar-refractivity contribution < 1.29 is 38.6 Å². The standard InChI is InChI=1S/C41H68N6O8/c1-11-27(4)37(44(8)40(52)36(26(2)3)43-41(53)46-21-20-45(30(7)49)24-28(46)5)34(54-9)23-35(50)47-19-15-18-33(47)38(55-10)29(6)39(51)42-32(25-48)22-31-16-13-12-14-17-31/h12-14,16-17,26-29,32-34,36-38,48H,11,15,18-25H2,1-10H3,(H,42,51)(H,43,53)/t27-,28-,29+,32-,33-,34+,36-,37-,38+/m0/s1. The number of benzene rings is 1. The van der Waals surface area contributed by atoms with Crippen molar-refractivity contribution in [2.24, 2.45) is 17.8 Å². The minimum atomic E-state index is -0.827. The summed E-state index contributed by atoms with van der Waals surface area (Å²) in [5.74, 6) is -1.59. The zero-order valence-electron chi connectivity index (χ0n) is 34.8. The number of hydrogen-bond donors (Lipinski definition) is 3. The molecule has 0 aliphatic carbocycles. The van der Waals surface area contributed by atoms with E-state index in [1.165, 1.54) is 6.92 Å². The number of rotatable bonds is 18. The molecule has 0 aromatic heterocycles. The van der Waals surface area contributed by atoms with Gasteiger partial charge in [-0.3, -0.25) is 19.2 Å². The van der Waals surface area contributed by atoms with Gasteiger partial charge < -0.3 is 44.8 Å². The van der Waals surface area contributed by atoms with Crippen molar-refractivity contribution in [3.63, 3.8) is 0 Å². The highest BCUT2D eigenvalue weighted by atomic mass is 16.5. The van der Waals surface area contributed by atoms with E-state index in [0.717, 1.165) is 18.4 Å². The van der Waals surface area contributed by atoms with Crippen LogP contribution in [0.25, 0.3) is 0 Å². The summed E-state index contributed by atoms with van der Waals surface area (Å²) < 4.78 is 11.9. The van der Waals surface area contributed by atoms with E-state index in [1.54, 1.807) is 47.8 Å². The van der Waals surface area contributed by atoms with E-state index in [1.807, 2.05) is 65.0 Å². The highest BCUT2D eigenvalue weighted by molar-refractivity contribution is 5.88. The van der Waals surface area contributed by atoms with Crippen LogP contribution in [0.2, 0.25) is 0 Å². The number of likely N-dealkylation sites (tertiary alicyclic amines) is 1. The predicted octanol–water partition coefficient (Wildman–Crippen LogP) is 2.91. The van der Waals surface area contributed by atoms with E-state index < -0.39 is 36.3 Å². The molecular formula is C41H68N6O8. The highest BCUT2D eigenvalue weighted by Crippen LogP contribution is 2.30. The number of aliphatic hydroxyl groups excluding tert-OH is 1. The van der Waals surface area contributed by atoms with Crippen molar-refractivity contribution in [1.29, 1.82) is 0 Å². The van der Waals surface area contributed by atoms with Crippen LogP contribution in [0.15, 0.2) is 30.3 Å². The van der Waals surface area contributed by atoms with E-state index in [0.29, 0.717) is 39.0 Å². The smallest absolute Gasteiger partial charge is 0.318 e. The number of urea groups is 1. The second-order valence-electron chi connectivity index (χ2n) is 15.8. The third-order valence-electron chi connectivity index (χ3n) is 11.7. The van der Waals surface area contributed by atoms with Crippen LogP contribution in [-0.4, -0.2) is 151 Å². The average molecular weight is 773 g/mol. The number of nitrogens with one attached hydrogen (secondary N) is 2. The number of ether oxygens (including phenoxy) is 2. The number of aliphatic hydroxyl groups is 1. The molecule has 310 valence electrons. The molecule has 2 aliphatic heterocycles. The molecule has 0 radical (unpaired) electrons. The first kappa shape index (κ1) is 45.6. The van der Waals surface area contributed by atoms with Crippen molar-refractivity contribution in [2.45, 2.75) is 123 Å². The quantitative estimate of drug-likeness (QED) is 0.206. The first-order valence-electron chi connectivity index (χ1n) is 20.0. The first-order valence-corrected chi connectivity index (χ1v) is 20.0. The van der Waals surface area contributed by atoms with Crippen LogP contribution in [0.5, 0.6) is 0 Å². The molecule has 3 N–H and O–H groups in total. The number of carbonyl (C=O) groups is 5. The Bertz CT molecular complexity index is 1410. The van der Waals surface area contributed by atoms with Gasteiger partial charge in [-0.25, -0.2) is 4.79 Å². The number of nitrogens with zero attached hydrogens (tertiary/aromatic N) is 4. The van der Waals surface area contributed by atoms with E-state index in [4.69, 9.17) is 9.47 Å². The van der Waals surface area contributed by atoms with Crippen LogP contribution >= 0.6 is 0 Å². The van der Waals surface area contributed by atoms with Crippen LogP contribution < -0.4 is 10.6 Å². The van der Waals surface area contributed by atoms with E-state index >= 15 is 0 Å². The Morgan fingerprint density at radius 3 is 2.18 bits per heavy atom. The molecule has 2 fully saturated rings. The van der Waals surface area contributed by atoms with Gasteiger partial charge in [-0.05, 0) is 43.6 Å². The molecular weight excluding hydrogens is 704 g/mol. The molecule has 2 heterocycles. The summed E-state index contributed by atoms with van der Waals surface area (Å²) in [4.78, 5) is 74.2. The average Bonchev–Trinajstić information content (AvgIpc) is 3.65. The number of likely N-dealkylation sites (N-methyl/N-ethyl adjacent to an activating group) is 1. The van der Waals surface area contributed by atoms with Gasteiger partial charge in [0, 0.05) is 60.4 Å². The van der Waals surface area contributed by atoms with Gasteiger partial charge in [-0.15, -0.1) is 0 Å². The van der Waals surface area contributed by atoms with Gasteiger partial charge in [0.15, 0.2) is 0 Å². The van der Waals surface area contributed by atoms with Gasteiger partial charge in [0.25, 0.3) is 0 Å². The van der Waals surface area contributed by atoms with Gasteiger partial charge in [-0.2, -0.15) is 0 Å². The summed E-state index contributed by atoms with van der Waals surface area (Å²) in [6.45, 7) is 14.5. The van der Waals surface area contributed by atoms with Crippen LogP contribution in [-0.2, 0) is 35.1 Å². The molecule has 1 aromatic rings. The second-order valence-corrected chi connectivity index (χ2v) is 15.8. The topological polar surface area (TPSA) is 161 Å². The van der Waals surface area contributed by atoms with Crippen LogP contribution in [0.3, 0.4) is 0 Å². The lowest BCUT2D eigenvalue weighted by molar-refractivity contribution is -0.147. The Morgan fingerprint density at radius 2 is 1.64 bits per heavy atom. The fraction of sp³-hybridized carbons (Fsp3) is 0.732. The van der Waals surface area contributed by atoms with Crippen molar-refractivity contribution in [2.75, 3.05) is 54.1 Å². The fourth-order valence-corrected chi connectivity index (χ4v) is 8.19. The zero-order valence-corrected chi connectivity index (χ0v) is 34.8. The maximum atomic E-state index is 14.3. The van der Waals surface area contributed by atoms with Crippen LogP contribution in [0.1, 0.15) is 79.7 Å². The van der Waals surface area contributed by atoms with Crippen LogP contribution in [0, 0.1) is 17.8 Å². The predicted molar refractivity (Wildman–Crippen MR) is 211 cm³/mol. The lowest BCUT2D eigenvalue weighted by Crippen LogP contribution is -2.62. The molecule has 0 bridgehead atoms. The Morgan fingerprint density at radius 1 is 0.964 bits per heavy atom. The van der Waals surface area contributed by atoms with Crippen molar-refractivity contribution in [3.8, 4) is 0 Å². The Hall–Kier alpha value is -3.75. The van der Waals surface area contributed by atoms with Crippen molar-refractivity contribution in [1.82, 2.24) is 30.2 Å². The monoisotopic (exact) mass is 773 g/mol. The number of piperazine rings is 1. The third kappa shape index (κ3) is 11.9. The summed E-state index contributed by atoms with van der Waals surface area (Å²) in [6.07, 6.45) is 1.40. The summed E-state index contributed by atoms with van der Waals surface area (Å²) in [6, 6.07) is 6.97.